The molecule has 0 unspecified atom stereocenters. The van der Waals surface area contributed by atoms with Crippen LogP contribution in [0.5, 0.6) is 5.75 Å². The highest BCUT2D eigenvalue weighted by Crippen LogP contribution is 2.55. The van der Waals surface area contributed by atoms with Crippen LogP contribution in [0.4, 0.5) is 0 Å². The predicted molar refractivity (Wildman–Crippen MR) is 78.6 cm³/mol. The maximum absolute atomic E-state index is 9.80. The molecule has 2 aliphatic carbocycles. The van der Waals surface area contributed by atoms with Crippen LogP contribution in [-0.2, 0) is 11.8 Å². The Kier molecular flexibility index (Phi) is 2.72. The van der Waals surface area contributed by atoms with Gasteiger partial charge in [-0.1, -0.05) is 19.9 Å². The molecular formula is C17H25NO. The van der Waals surface area contributed by atoms with Crippen LogP contribution in [0.25, 0.3) is 0 Å². The van der Waals surface area contributed by atoms with Gasteiger partial charge in [0.25, 0.3) is 0 Å². The van der Waals surface area contributed by atoms with Crippen molar-refractivity contribution in [2.45, 2.75) is 51.0 Å². The lowest BCUT2D eigenvalue weighted by Gasteiger charge is -2.56. The SMILES string of the molecule is CN(C)[C@H]1CC[C@@]2(C)C[C@]1(C)Cc1ccc(O)cc12. The van der Waals surface area contributed by atoms with Crippen molar-refractivity contribution in [1.82, 2.24) is 4.90 Å². The quantitative estimate of drug-likeness (QED) is 0.836. The van der Waals surface area contributed by atoms with Crippen molar-refractivity contribution in [2.75, 3.05) is 14.1 Å². The molecule has 0 saturated heterocycles. The number of fused-ring (bicyclic) bond motifs is 4. The van der Waals surface area contributed by atoms with Crippen molar-refractivity contribution in [3.8, 4) is 5.75 Å². The van der Waals surface area contributed by atoms with Gasteiger partial charge in [-0.05, 0) is 73.9 Å². The van der Waals surface area contributed by atoms with E-state index in [1.165, 1.54) is 30.4 Å². The van der Waals surface area contributed by atoms with Gasteiger partial charge in [-0.25, -0.2) is 0 Å². The first kappa shape index (κ1) is 13.0. The minimum atomic E-state index is 0.244. The fourth-order valence-electron chi connectivity index (χ4n) is 4.91. The van der Waals surface area contributed by atoms with E-state index < -0.39 is 0 Å². The summed E-state index contributed by atoms with van der Waals surface area (Å²) in [6, 6.07) is 6.66. The molecule has 2 aliphatic rings. The lowest BCUT2D eigenvalue weighted by atomic mass is 9.52. The maximum Gasteiger partial charge on any atom is 0.115 e. The Bertz CT molecular complexity index is 510. The summed E-state index contributed by atoms with van der Waals surface area (Å²) in [5.41, 5.74) is 3.44. The fraction of sp³-hybridized carbons (Fsp3) is 0.647. The van der Waals surface area contributed by atoms with E-state index in [2.05, 4.69) is 38.9 Å². The van der Waals surface area contributed by atoms with E-state index in [4.69, 9.17) is 0 Å². The van der Waals surface area contributed by atoms with Crippen molar-refractivity contribution < 1.29 is 5.11 Å². The third-order valence-electron chi connectivity index (χ3n) is 5.53. The summed E-state index contributed by atoms with van der Waals surface area (Å²) in [6.07, 6.45) is 4.86. The second kappa shape index (κ2) is 3.99. The van der Waals surface area contributed by atoms with Gasteiger partial charge in [-0.2, -0.15) is 0 Å². The highest BCUT2D eigenvalue weighted by molar-refractivity contribution is 5.44. The van der Waals surface area contributed by atoms with Gasteiger partial charge in [0.05, 0.1) is 0 Å². The number of nitrogens with zero attached hydrogens (tertiary/aromatic N) is 1. The largest absolute Gasteiger partial charge is 0.508 e. The van der Waals surface area contributed by atoms with Gasteiger partial charge in [0.1, 0.15) is 5.75 Å². The zero-order valence-corrected chi connectivity index (χ0v) is 12.5. The van der Waals surface area contributed by atoms with E-state index in [0.29, 0.717) is 17.2 Å². The second-order valence-electron chi connectivity index (χ2n) is 7.43. The Morgan fingerprint density at radius 2 is 2.00 bits per heavy atom. The van der Waals surface area contributed by atoms with Crippen LogP contribution in [0, 0.1) is 5.41 Å². The monoisotopic (exact) mass is 259 g/mol. The van der Waals surface area contributed by atoms with Gasteiger partial charge in [-0.15, -0.1) is 0 Å². The van der Waals surface area contributed by atoms with Gasteiger partial charge in [0.15, 0.2) is 0 Å². The number of rotatable bonds is 1. The molecule has 1 aromatic carbocycles. The van der Waals surface area contributed by atoms with E-state index in [1.807, 2.05) is 12.1 Å². The summed E-state index contributed by atoms with van der Waals surface area (Å²) in [7, 11) is 4.43. The Morgan fingerprint density at radius 1 is 1.26 bits per heavy atom. The molecule has 0 aromatic heterocycles. The van der Waals surface area contributed by atoms with Gasteiger partial charge >= 0.3 is 0 Å². The maximum atomic E-state index is 9.80. The predicted octanol–water partition coefficient (Wildman–Crippen LogP) is 3.33. The fourth-order valence-corrected chi connectivity index (χ4v) is 4.91. The first-order valence-corrected chi connectivity index (χ1v) is 7.33. The molecule has 1 fully saturated rings. The normalized spacial score (nSPS) is 37.2. The molecule has 3 atom stereocenters. The first-order chi connectivity index (χ1) is 8.84. The highest BCUT2D eigenvalue weighted by atomic mass is 16.3. The van der Waals surface area contributed by atoms with E-state index in [0.717, 1.165) is 6.42 Å². The summed E-state index contributed by atoms with van der Waals surface area (Å²) >= 11 is 0. The van der Waals surface area contributed by atoms with Gasteiger partial charge in [0, 0.05) is 6.04 Å². The van der Waals surface area contributed by atoms with Crippen molar-refractivity contribution in [1.29, 1.82) is 0 Å². The topological polar surface area (TPSA) is 23.5 Å². The molecule has 2 nitrogen and oxygen atoms in total. The molecule has 19 heavy (non-hydrogen) atoms. The zero-order valence-electron chi connectivity index (χ0n) is 12.5. The number of phenols is 1. The number of benzene rings is 1. The molecule has 0 amide bonds. The summed E-state index contributed by atoms with van der Waals surface area (Å²) in [5.74, 6) is 0.415. The average molecular weight is 259 g/mol. The number of aromatic hydroxyl groups is 1. The zero-order chi connectivity index (χ0) is 13.8. The van der Waals surface area contributed by atoms with E-state index >= 15 is 0 Å². The second-order valence-corrected chi connectivity index (χ2v) is 7.43. The highest BCUT2D eigenvalue weighted by Gasteiger charge is 2.50. The summed E-state index contributed by atoms with van der Waals surface area (Å²) < 4.78 is 0. The minimum absolute atomic E-state index is 0.244. The molecule has 2 heteroatoms. The number of phenolic OH excluding ortho intramolecular Hbond substituents is 1. The minimum Gasteiger partial charge on any atom is -0.508 e. The summed E-state index contributed by atoms with van der Waals surface area (Å²) in [4.78, 5) is 2.41. The molecule has 3 rings (SSSR count). The Hall–Kier alpha value is -1.02. The molecule has 0 aliphatic heterocycles. The van der Waals surface area contributed by atoms with Crippen molar-refractivity contribution in [2.24, 2.45) is 5.41 Å². The number of hydrogen-bond acceptors (Lipinski definition) is 2. The molecule has 104 valence electrons. The standard InChI is InChI=1S/C17H25NO/c1-16-8-7-15(18(3)4)17(2,11-16)10-12-5-6-13(19)9-14(12)16/h5-6,9,15,19H,7-8,10-11H2,1-4H3/t15-,16-,17-/m0/s1. The van der Waals surface area contributed by atoms with Crippen molar-refractivity contribution in [3.05, 3.63) is 29.3 Å². The molecule has 1 saturated carbocycles. The van der Waals surface area contributed by atoms with Gasteiger partial charge in [-0.3, -0.25) is 0 Å². The van der Waals surface area contributed by atoms with Crippen molar-refractivity contribution in [3.63, 3.8) is 0 Å². The lowest BCUT2D eigenvalue weighted by Crippen LogP contribution is -2.54. The molecule has 0 heterocycles. The molecule has 2 bridgehead atoms. The smallest absolute Gasteiger partial charge is 0.115 e. The molecular weight excluding hydrogens is 234 g/mol. The van der Waals surface area contributed by atoms with E-state index in [9.17, 15) is 5.11 Å². The molecule has 0 radical (unpaired) electrons. The van der Waals surface area contributed by atoms with E-state index in [1.54, 1.807) is 0 Å². The van der Waals surface area contributed by atoms with Crippen LogP contribution >= 0.6 is 0 Å². The lowest BCUT2D eigenvalue weighted by molar-refractivity contribution is 0.0210. The molecule has 0 spiro atoms. The van der Waals surface area contributed by atoms with Crippen LogP contribution in [0.3, 0.4) is 0 Å². The molecule has 1 aromatic rings. The first-order valence-electron chi connectivity index (χ1n) is 7.33. The Balaban J connectivity index is 2.09. The van der Waals surface area contributed by atoms with Gasteiger partial charge in [0.2, 0.25) is 0 Å². The van der Waals surface area contributed by atoms with Crippen LogP contribution < -0.4 is 0 Å². The Labute approximate surface area is 116 Å². The third-order valence-corrected chi connectivity index (χ3v) is 5.53. The van der Waals surface area contributed by atoms with Crippen LogP contribution in [0.2, 0.25) is 0 Å². The van der Waals surface area contributed by atoms with Gasteiger partial charge < -0.3 is 10.0 Å². The van der Waals surface area contributed by atoms with Crippen LogP contribution in [0.1, 0.15) is 44.2 Å². The summed E-state index contributed by atoms with van der Waals surface area (Å²) in [6.45, 7) is 4.83. The van der Waals surface area contributed by atoms with Crippen molar-refractivity contribution >= 4 is 0 Å². The average Bonchev–Trinajstić information content (AvgIpc) is 2.29. The number of hydrogen-bond donors (Lipinski definition) is 1. The Morgan fingerprint density at radius 3 is 2.68 bits per heavy atom. The van der Waals surface area contributed by atoms with E-state index in [-0.39, 0.29) is 5.41 Å². The third kappa shape index (κ3) is 1.88. The molecule has 1 N–H and O–H groups in total. The summed E-state index contributed by atoms with van der Waals surface area (Å²) in [5, 5.41) is 9.80. The van der Waals surface area contributed by atoms with Crippen LogP contribution in [-0.4, -0.2) is 30.1 Å². The van der Waals surface area contributed by atoms with Crippen LogP contribution in [0.15, 0.2) is 18.2 Å².